The number of carbonyl (C=O) groups excluding carboxylic acids is 2. The Bertz CT molecular complexity index is 1210. The number of halogens is 16. The molecule has 0 aliphatic heterocycles. The summed E-state index contributed by atoms with van der Waals surface area (Å²) in [7, 11) is 0. The van der Waals surface area contributed by atoms with Gasteiger partial charge in [-0.2, -0.15) is 52.7 Å². The first-order chi connectivity index (χ1) is 18.8. The van der Waals surface area contributed by atoms with E-state index in [0.717, 1.165) is 12.1 Å². The minimum absolute atomic E-state index is 0.129. The van der Waals surface area contributed by atoms with Gasteiger partial charge in [-0.25, -0.2) is 27.2 Å². The smallest absolute Gasteiger partial charge is 0.381 e. The van der Waals surface area contributed by atoms with Crippen molar-refractivity contribution in [2.45, 2.75) is 48.4 Å². The van der Waals surface area contributed by atoms with Crippen LogP contribution in [0.2, 0.25) is 0 Å². The normalized spacial score (nSPS) is 14.0. The number of ether oxygens (including phenoxy) is 2. The number of carbonyl (C=O) groups is 2. The highest BCUT2D eigenvalue weighted by atomic mass is 19.4. The zero-order valence-electron chi connectivity index (χ0n) is 19.7. The third-order valence-corrected chi connectivity index (χ3v) is 5.40. The largest absolute Gasteiger partial charge is 0.455 e. The molecular formula is C22H12F16O4. The molecule has 0 bridgehead atoms. The van der Waals surface area contributed by atoms with Gasteiger partial charge in [0, 0.05) is 0 Å². The summed E-state index contributed by atoms with van der Waals surface area (Å²) >= 11 is 0. The summed E-state index contributed by atoms with van der Waals surface area (Å²) < 4.78 is 217. The molecule has 2 rings (SSSR count). The molecule has 0 radical (unpaired) electrons. The topological polar surface area (TPSA) is 52.6 Å². The maximum absolute atomic E-state index is 13.8. The molecule has 0 N–H and O–H groups in total. The SMILES string of the molecule is O=C(OCC(F)(F)C(F)(F)C(F)(F)C(F)F)c1cc2ccccc2cc1C(=O)OCC(F)(F)C(F)(F)C(F)(F)C(F)F. The Morgan fingerprint density at radius 2 is 0.857 bits per heavy atom. The van der Waals surface area contributed by atoms with Crippen LogP contribution < -0.4 is 0 Å². The Morgan fingerprint density at radius 1 is 0.571 bits per heavy atom. The highest BCUT2D eigenvalue weighted by molar-refractivity contribution is 6.07. The summed E-state index contributed by atoms with van der Waals surface area (Å²) in [5, 5.41) is -0.258. The summed E-state index contributed by atoms with van der Waals surface area (Å²) in [4.78, 5) is 24.7. The van der Waals surface area contributed by atoms with Crippen molar-refractivity contribution < 1.29 is 89.3 Å². The molecule has 0 aliphatic carbocycles. The lowest BCUT2D eigenvalue weighted by atomic mass is 10.0. The number of fused-ring (bicyclic) bond motifs is 1. The highest BCUT2D eigenvalue weighted by Gasteiger charge is 2.76. The van der Waals surface area contributed by atoms with Gasteiger partial charge in [0.2, 0.25) is 0 Å². The number of alkyl halides is 16. The lowest BCUT2D eigenvalue weighted by molar-refractivity contribution is -0.343. The molecule has 0 saturated carbocycles. The van der Waals surface area contributed by atoms with Crippen molar-refractivity contribution in [3.05, 3.63) is 47.5 Å². The molecule has 0 saturated heterocycles. The van der Waals surface area contributed by atoms with Crippen LogP contribution in [-0.4, -0.2) is 73.5 Å². The van der Waals surface area contributed by atoms with E-state index in [0.29, 0.717) is 12.1 Å². The predicted octanol–water partition coefficient (Wildman–Crippen LogP) is 7.50. The fourth-order valence-corrected chi connectivity index (χ4v) is 2.99. The van der Waals surface area contributed by atoms with E-state index in [2.05, 4.69) is 9.47 Å². The van der Waals surface area contributed by atoms with E-state index in [1.54, 1.807) is 0 Å². The molecule has 0 aromatic heterocycles. The average Bonchev–Trinajstić information content (AvgIpc) is 2.88. The molecule has 0 amide bonds. The van der Waals surface area contributed by atoms with Gasteiger partial charge in [-0.3, -0.25) is 0 Å². The molecule has 42 heavy (non-hydrogen) atoms. The van der Waals surface area contributed by atoms with E-state index in [1.807, 2.05) is 0 Å². The molecule has 0 unspecified atom stereocenters. The minimum atomic E-state index is -6.82. The number of hydrogen-bond donors (Lipinski definition) is 0. The van der Waals surface area contributed by atoms with Crippen LogP contribution in [0.3, 0.4) is 0 Å². The van der Waals surface area contributed by atoms with Gasteiger partial charge in [-0.05, 0) is 22.9 Å². The van der Waals surface area contributed by atoms with Crippen LogP contribution in [0.15, 0.2) is 36.4 Å². The Morgan fingerprint density at radius 3 is 1.12 bits per heavy atom. The van der Waals surface area contributed by atoms with Gasteiger partial charge in [0.1, 0.15) is 0 Å². The van der Waals surface area contributed by atoms with Crippen molar-refractivity contribution in [2.24, 2.45) is 0 Å². The molecule has 2 aromatic rings. The molecule has 0 spiro atoms. The third kappa shape index (κ3) is 6.02. The van der Waals surface area contributed by atoms with Gasteiger partial charge >= 0.3 is 60.3 Å². The number of esters is 2. The molecule has 4 nitrogen and oxygen atoms in total. The second-order valence-corrected chi connectivity index (χ2v) is 8.30. The van der Waals surface area contributed by atoms with Gasteiger partial charge in [0.05, 0.1) is 11.1 Å². The maximum Gasteiger partial charge on any atom is 0.381 e. The summed E-state index contributed by atoms with van der Waals surface area (Å²) in [5.41, 5.74) is -2.74. The van der Waals surface area contributed by atoms with Gasteiger partial charge in [-0.1, -0.05) is 24.3 Å². The van der Waals surface area contributed by atoms with E-state index >= 15 is 0 Å². The maximum atomic E-state index is 13.8. The average molecular weight is 644 g/mol. The van der Waals surface area contributed by atoms with E-state index in [4.69, 9.17) is 0 Å². The molecule has 0 fully saturated rings. The van der Waals surface area contributed by atoms with Crippen molar-refractivity contribution in [1.82, 2.24) is 0 Å². The van der Waals surface area contributed by atoms with E-state index in [1.165, 1.54) is 12.1 Å². The van der Waals surface area contributed by atoms with Crippen LogP contribution in [0.5, 0.6) is 0 Å². The van der Waals surface area contributed by atoms with Crippen molar-refractivity contribution in [3.63, 3.8) is 0 Å². The zero-order valence-corrected chi connectivity index (χ0v) is 19.7. The molecular weight excluding hydrogens is 632 g/mol. The Hall–Kier alpha value is -3.48. The van der Waals surface area contributed by atoms with Gasteiger partial charge in [0.15, 0.2) is 13.2 Å². The van der Waals surface area contributed by atoms with Crippen LogP contribution in [-0.2, 0) is 9.47 Å². The highest BCUT2D eigenvalue weighted by Crippen LogP contribution is 2.50. The Kier molecular flexibility index (Phi) is 9.35. The van der Waals surface area contributed by atoms with E-state index in [9.17, 15) is 79.8 Å². The van der Waals surface area contributed by atoms with Gasteiger partial charge in [0.25, 0.3) is 0 Å². The number of rotatable bonds is 12. The van der Waals surface area contributed by atoms with Crippen LogP contribution >= 0.6 is 0 Å². The summed E-state index contributed by atoms with van der Waals surface area (Å²) in [6.45, 7) is -6.06. The van der Waals surface area contributed by atoms with Crippen molar-refractivity contribution in [1.29, 1.82) is 0 Å². The molecule has 20 heteroatoms. The Labute approximate surface area is 222 Å². The first-order valence-corrected chi connectivity index (χ1v) is 10.6. The number of benzene rings is 2. The molecule has 236 valence electrons. The first kappa shape index (κ1) is 34.7. The van der Waals surface area contributed by atoms with Crippen LogP contribution in [0, 0.1) is 0 Å². The van der Waals surface area contributed by atoms with Gasteiger partial charge < -0.3 is 9.47 Å². The van der Waals surface area contributed by atoms with Crippen LogP contribution in [0.1, 0.15) is 20.7 Å². The molecule has 0 atom stereocenters. The van der Waals surface area contributed by atoms with Crippen molar-refractivity contribution in [3.8, 4) is 0 Å². The standard InChI is InChI=1S/C22H12F16O4/c23-15(24)19(31,32)21(35,36)17(27,28)7-41-13(39)11-5-9-3-1-2-4-10(9)6-12(11)14(40)42-8-18(29,30)22(37,38)20(33,34)16(25)26/h1-6,15-16H,7-8H2. The second-order valence-electron chi connectivity index (χ2n) is 8.30. The Balaban J connectivity index is 2.41. The quantitative estimate of drug-likeness (QED) is 0.178. The van der Waals surface area contributed by atoms with E-state index in [-0.39, 0.29) is 10.8 Å². The predicted molar refractivity (Wildman–Crippen MR) is 106 cm³/mol. The fourth-order valence-electron chi connectivity index (χ4n) is 2.99. The lowest BCUT2D eigenvalue weighted by Crippen LogP contribution is -2.59. The molecule has 0 heterocycles. The molecule has 0 aliphatic rings. The minimum Gasteiger partial charge on any atom is -0.455 e. The summed E-state index contributed by atoms with van der Waals surface area (Å²) in [5.74, 6) is -43.9. The first-order valence-electron chi connectivity index (χ1n) is 10.6. The van der Waals surface area contributed by atoms with Crippen molar-refractivity contribution >= 4 is 22.7 Å². The fraction of sp³-hybridized carbons (Fsp3) is 0.455. The summed E-state index contributed by atoms with van der Waals surface area (Å²) in [6.07, 6.45) is -10.6. The van der Waals surface area contributed by atoms with Crippen LogP contribution in [0.4, 0.5) is 70.2 Å². The monoisotopic (exact) mass is 644 g/mol. The van der Waals surface area contributed by atoms with E-state index < -0.39 is 84.7 Å². The second kappa shape index (κ2) is 11.3. The van der Waals surface area contributed by atoms with Gasteiger partial charge in [-0.15, -0.1) is 0 Å². The molecule has 2 aromatic carbocycles. The zero-order chi connectivity index (χ0) is 32.7. The van der Waals surface area contributed by atoms with Crippen molar-refractivity contribution in [2.75, 3.05) is 13.2 Å². The number of hydrogen-bond acceptors (Lipinski definition) is 4. The third-order valence-electron chi connectivity index (χ3n) is 5.40. The van der Waals surface area contributed by atoms with Crippen LogP contribution in [0.25, 0.3) is 10.8 Å². The lowest BCUT2D eigenvalue weighted by Gasteiger charge is -2.32. The summed E-state index contributed by atoms with van der Waals surface area (Å²) in [6, 6.07) is 5.74.